The van der Waals surface area contributed by atoms with Crippen LogP contribution in [-0.2, 0) is 0 Å². The molecule has 0 heterocycles. The van der Waals surface area contributed by atoms with Crippen LogP contribution in [0.3, 0.4) is 0 Å². The normalized spacial score (nSPS) is 11.9. The van der Waals surface area contributed by atoms with Crippen molar-refractivity contribution in [3.63, 3.8) is 0 Å². The largest absolute Gasteiger partial charge is 0.345 e. The Balaban J connectivity index is 2.11. The molecule has 20 heavy (non-hydrogen) atoms. The first-order chi connectivity index (χ1) is 9.60. The van der Waals surface area contributed by atoms with Crippen molar-refractivity contribution in [2.45, 2.75) is 26.3 Å². The van der Waals surface area contributed by atoms with E-state index in [1.165, 1.54) is 29.8 Å². The summed E-state index contributed by atoms with van der Waals surface area (Å²) in [5, 5.41) is 2.98. The highest BCUT2D eigenvalue weighted by atomic mass is 19.1. The van der Waals surface area contributed by atoms with Gasteiger partial charge in [0.05, 0.1) is 6.04 Å². The maximum absolute atomic E-state index is 12.8. The molecule has 2 nitrogen and oxygen atoms in total. The van der Waals surface area contributed by atoms with Crippen LogP contribution in [0.25, 0.3) is 0 Å². The zero-order valence-electron chi connectivity index (χ0n) is 11.7. The fourth-order valence-corrected chi connectivity index (χ4v) is 2.06. The molecule has 0 radical (unpaired) electrons. The Hall–Kier alpha value is -2.16. The van der Waals surface area contributed by atoms with Gasteiger partial charge in [0.1, 0.15) is 5.82 Å². The minimum absolute atomic E-state index is 0.0341. The lowest BCUT2D eigenvalue weighted by atomic mass is 10.0. The summed E-state index contributed by atoms with van der Waals surface area (Å²) in [7, 11) is 0. The molecule has 0 saturated carbocycles. The maximum atomic E-state index is 12.8. The number of carbonyl (C=O) groups excluding carboxylic acids is 1. The van der Waals surface area contributed by atoms with E-state index in [1.54, 1.807) is 0 Å². The SMILES string of the molecule is CC[C@H](NC(=O)c1ccc(F)cc1)c1ccc(C)cc1. The molecule has 0 aliphatic heterocycles. The second kappa shape index (κ2) is 6.33. The molecule has 0 spiro atoms. The van der Waals surface area contributed by atoms with E-state index in [1.807, 2.05) is 38.1 Å². The number of rotatable bonds is 4. The fourth-order valence-electron chi connectivity index (χ4n) is 2.06. The second-order valence-corrected chi connectivity index (χ2v) is 4.85. The van der Waals surface area contributed by atoms with Crippen LogP contribution in [0, 0.1) is 12.7 Å². The van der Waals surface area contributed by atoms with Crippen molar-refractivity contribution in [1.82, 2.24) is 5.32 Å². The molecule has 2 aromatic rings. The topological polar surface area (TPSA) is 29.1 Å². The lowest BCUT2D eigenvalue weighted by molar-refractivity contribution is 0.0935. The van der Waals surface area contributed by atoms with Crippen LogP contribution in [0.5, 0.6) is 0 Å². The molecule has 2 rings (SSSR count). The Kier molecular flexibility index (Phi) is 4.51. The average molecular weight is 271 g/mol. The molecule has 0 aliphatic carbocycles. The van der Waals surface area contributed by atoms with E-state index in [0.717, 1.165) is 12.0 Å². The molecule has 0 bridgehead atoms. The molecular formula is C17H18FNO. The van der Waals surface area contributed by atoms with Gasteiger partial charge in [-0.25, -0.2) is 4.39 Å². The van der Waals surface area contributed by atoms with Crippen LogP contribution in [0.2, 0.25) is 0 Å². The van der Waals surface area contributed by atoms with E-state index in [0.29, 0.717) is 5.56 Å². The van der Waals surface area contributed by atoms with Crippen LogP contribution in [0.1, 0.15) is 40.9 Å². The van der Waals surface area contributed by atoms with Crippen molar-refractivity contribution in [3.05, 3.63) is 71.0 Å². The molecule has 0 fully saturated rings. The molecule has 0 aliphatic rings. The van der Waals surface area contributed by atoms with Gasteiger partial charge in [-0.2, -0.15) is 0 Å². The molecule has 1 amide bonds. The molecule has 0 saturated heterocycles. The van der Waals surface area contributed by atoms with Crippen LogP contribution < -0.4 is 5.32 Å². The number of benzene rings is 2. The Labute approximate surface area is 118 Å². The summed E-state index contributed by atoms with van der Waals surface area (Å²) >= 11 is 0. The standard InChI is InChI=1S/C17H18FNO/c1-3-16(13-6-4-12(2)5-7-13)19-17(20)14-8-10-15(18)11-9-14/h4-11,16H,3H2,1-2H3,(H,19,20)/t16-/m0/s1. The summed E-state index contributed by atoms with van der Waals surface area (Å²) in [5.41, 5.74) is 2.74. The Bertz CT molecular complexity index is 575. The second-order valence-electron chi connectivity index (χ2n) is 4.85. The first-order valence-corrected chi connectivity index (χ1v) is 6.73. The summed E-state index contributed by atoms with van der Waals surface area (Å²) in [4.78, 5) is 12.1. The summed E-state index contributed by atoms with van der Waals surface area (Å²) < 4.78 is 12.8. The maximum Gasteiger partial charge on any atom is 0.251 e. The van der Waals surface area contributed by atoms with Gasteiger partial charge in [0, 0.05) is 5.56 Å². The molecule has 2 aromatic carbocycles. The molecule has 104 valence electrons. The van der Waals surface area contributed by atoms with E-state index in [9.17, 15) is 9.18 Å². The van der Waals surface area contributed by atoms with Crippen molar-refractivity contribution in [1.29, 1.82) is 0 Å². The van der Waals surface area contributed by atoms with Crippen molar-refractivity contribution in [2.75, 3.05) is 0 Å². The summed E-state index contributed by atoms with van der Waals surface area (Å²) in [6, 6.07) is 13.6. The number of carbonyl (C=O) groups is 1. The number of hydrogen-bond acceptors (Lipinski definition) is 1. The van der Waals surface area contributed by atoms with Gasteiger partial charge in [-0.15, -0.1) is 0 Å². The molecular weight excluding hydrogens is 253 g/mol. The highest BCUT2D eigenvalue weighted by molar-refractivity contribution is 5.94. The number of nitrogens with one attached hydrogen (secondary N) is 1. The molecule has 3 heteroatoms. The minimum atomic E-state index is -0.341. The lowest BCUT2D eigenvalue weighted by Crippen LogP contribution is -2.28. The zero-order chi connectivity index (χ0) is 14.5. The van der Waals surface area contributed by atoms with Gasteiger partial charge < -0.3 is 5.32 Å². The molecule has 0 unspecified atom stereocenters. The third-order valence-electron chi connectivity index (χ3n) is 3.30. The van der Waals surface area contributed by atoms with E-state index < -0.39 is 0 Å². The van der Waals surface area contributed by atoms with Crippen molar-refractivity contribution < 1.29 is 9.18 Å². The van der Waals surface area contributed by atoms with Crippen molar-refractivity contribution in [2.24, 2.45) is 0 Å². The van der Waals surface area contributed by atoms with Crippen LogP contribution >= 0.6 is 0 Å². The van der Waals surface area contributed by atoms with Crippen molar-refractivity contribution in [3.8, 4) is 0 Å². The van der Waals surface area contributed by atoms with Crippen LogP contribution in [0.15, 0.2) is 48.5 Å². The first kappa shape index (κ1) is 14.3. The van der Waals surface area contributed by atoms with E-state index in [2.05, 4.69) is 5.32 Å². The van der Waals surface area contributed by atoms with Crippen molar-refractivity contribution >= 4 is 5.91 Å². The smallest absolute Gasteiger partial charge is 0.251 e. The van der Waals surface area contributed by atoms with E-state index in [-0.39, 0.29) is 17.8 Å². The highest BCUT2D eigenvalue weighted by Crippen LogP contribution is 2.18. The monoisotopic (exact) mass is 271 g/mol. The minimum Gasteiger partial charge on any atom is -0.345 e. The summed E-state index contributed by atoms with van der Waals surface area (Å²) in [6.07, 6.45) is 0.802. The lowest BCUT2D eigenvalue weighted by Gasteiger charge is -2.17. The summed E-state index contributed by atoms with van der Waals surface area (Å²) in [6.45, 7) is 4.05. The van der Waals surface area contributed by atoms with Gasteiger partial charge >= 0.3 is 0 Å². The molecule has 0 aromatic heterocycles. The van der Waals surface area contributed by atoms with E-state index in [4.69, 9.17) is 0 Å². The Morgan fingerprint density at radius 3 is 2.25 bits per heavy atom. The van der Waals surface area contributed by atoms with Gasteiger partial charge in [-0.05, 0) is 43.2 Å². The van der Waals surface area contributed by atoms with Gasteiger partial charge in [-0.3, -0.25) is 4.79 Å². The predicted molar refractivity (Wildman–Crippen MR) is 78.1 cm³/mol. The number of halogens is 1. The quantitative estimate of drug-likeness (QED) is 0.894. The Morgan fingerprint density at radius 2 is 1.70 bits per heavy atom. The Morgan fingerprint density at radius 1 is 1.10 bits per heavy atom. The third kappa shape index (κ3) is 3.44. The van der Waals surface area contributed by atoms with Gasteiger partial charge in [-0.1, -0.05) is 36.8 Å². The number of aryl methyl sites for hydroxylation is 1. The summed E-state index contributed by atoms with van der Waals surface area (Å²) in [5.74, 6) is -0.524. The molecule has 1 atom stereocenters. The first-order valence-electron chi connectivity index (χ1n) is 6.73. The highest BCUT2D eigenvalue weighted by Gasteiger charge is 2.13. The predicted octanol–water partition coefficient (Wildman–Crippen LogP) is 4.02. The number of hydrogen-bond donors (Lipinski definition) is 1. The van der Waals surface area contributed by atoms with Gasteiger partial charge in [0.2, 0.25) is 0 Å². The van der Waals surface area contributed by atoms with Crippen LogP contribution in [0.4, 0.5) is 4.39 Å². The third-order valence-corrected chi connectivity index (χ3v) is 3.30. The zero-order valence-corrected chi connectivity index (χ0v) is 11.7. The van der Waals surface area contributed by atoms with Gasteiger partial charge in [0.15, 0.2) is 0 Å². The van der Waals surface area contributed by atoms with Gasteiger partial charge in [0.25, 0.3) is 5.91 Å². The van der Waals surface area contributed by atoms with Crippen LogP contribution in [-0.4, -0.2) is 5.91 Å². The van der Waals surface area contributed by atoms with E-state index >= 15 is 0 Å². The fraction of sp³-hybridized carbons (Fsp3) is 0.235. The molecule has 1 N–H and O–H groups in total. The number of amides is 1. The average Bonchev–Trinajstić information content (AvgIpc) is 2.46.